The van der Waals surface area contributed by atoms with Gasteiger partial charge in [0.2, 0.25) is 0 Å². The summed E-state index contributed by atoms with van der Waals surface area (Å²) in [4.78, 5) is 0.219. The van der Waals surface area contributed by atoms with Gasteiger partial charge in [-0.2, -0.15) is 0 Å². The fourth-order valence-corrected chi connectivity index (χ4v) is 3.97. The fourth-order valence-electron chi connectivity index (χ4n) is 2.14. The van der Waals surface area contributed by atoms with Gasteiger partial charge < -0.3 is 0 Å². The molecule has 100 valence electrons. The molecule has 1 atom stereocenters. The second kappa shape index (κ2) is 6.11. The van der Waals surface area contributed by atoms with E-state index in [1.165, 1.54) is 32.3 Å². The van der Waals surface area contributed by atoms with Gasteiger partial charge in [-0.25, -0.2) is 0 Å². The molecular formula is C16H15Br3. The number of alkyl halides is 1. The van der Waals surface area contributed by atoms with Crippen LogP contribution in [0.4, 0.5) is 0 Å². The van der Waals surface area contributed by atoms with E-state index in [9.17, 15) is 0 Å². The number of hydrogen-bond donors (Lipinski definition) is 0. The summed E-state index contributed by atoms with van der Waals surface area (Å²) >= 11 is 11.0. The van der Waals surface area contributed by atoms with Crippen LogP contribution < -0.4 is 0 Å². The normalized spacial score (nSPS) is 12.5. The van der Waals surface area contributed by atoms with Crippen LogP contribution in [-0.4, -0.2) is 0 Å². The lowest BCUT2D eigenvalue weighted by Crippen LogP contribution is -2.00. The lowest BCUT2D eigenvalue weighted by atomic mass is 9.96. The minimum absolute atomic E-state index is 0.219. The van der Waals surface area contributed by atoms with Crippen LogP contribution in [0.25, 0.3) is 0 Å². The van der Waals surface area contributed by atoms with E-state index < -0.39 is 0 Å². The molecule has 2 aromatic rings. The number of halogens is 3. The molecule has 0 nitrogen and oxygen atoms in total. The van der Waals surface area contributed by atoms with Crippen molar-refractivity contribution in [1.82, 2.24) is 0 Å². The number of benzene rings is 2. The van der Waals surface area contributed by atoms with Crippen molar-refractivity contribution in [1.29, 1.82) is 0 Å². The molecule has 0 aromatic heterocycles. The summed E-state index contributed by atoms with van der Waals surface area (Å²) in [5.74, 6) is 0. The molecule has 0 aliphatic carbocycles. The molecule has 0 saturated carbocycles. The summed E-state index contributed by atoms with van der Waals surface area (Å²) in [6.45, 7) is 6.43. The van der Waals surface area contributed by atoms with Crippen molar-refractivity contribution >= 4 is 47.8 Å². The zero-order valence-corrected chi connectivity index (χ0v) is 15.9. The average molecular weight is 447 g/mol. The van der Waals surface area contributed by atoms with Gasteiger partial charge in [0.15, 0.2) is 0 Å². The predicted molar refractivity (Wildman–Crippen MR) is 93.3 cm³/mol. The second-order valence-corrected chi connectivity index (χ2v) is 7.40. The number of hydrogen-bond acceptors (Lipinski definition) is 0. The van der Waals surface area contributed by atoms with Gasteiger partial charge in [-0.3, -0.25) is 0 Å². The molecule has 0 bridgehead atoms. The van der Waals surface area contributed by atoms with Crippen molar-refractivity contribution in [2.75, 3.05) is 0 Å². The van der Waals surface area contributed by atoms with Crippen LogP contribution in [-0.2, 0) is 0 Å². The van der Waals surface area contributed by atoms with E-state index in [2.05, 4.69) is 98.9 Å². The summed E-state index contributed by atoms with van der Waals surface area (Å²) < 4.78 is 2.32. The highest BCUT2D eigenvalue weighted by Crippen LogP contribution is 2.38. The lowest BCUT2D eigenvalue weighted by Gasteiger charge is -2.18. The molecule has 0 aliphatic rings. The maximum atomic E-state index is 3.85. The Hall–Kier alpha value is -0.120. The molecule has 0 radical (unpaired) electrons. The quantitative estimate of drug-likeness (QED) is 0.454. The average Bonchev–Trinajstić information content (AvgIpc) is 2.36. The van der Waals surface area contributed by atoms with Crippen molar-refractivity contribution in [2.24, 2.45) is 0 Å². The minimum Gasteiger partial charge on any atom is -0.0786 e. The van der Waals surface area contributed by atoms with E-state index in [0.29, 0.717) is 0 Å². The standard InChI is InChI=1S/C16H15Br3/c1-9-8-15(18)10(2)7-13(9)16(19)12-5-4-6-14(17)11(12)3/h4-8,16H,1-3H3. The first kappa shape index (κ1) is 15.3. The molecule has 0 amide bonds. The third-order valence-electron chi connectivity index (χ3n) is 3.40. The Labute approximate surface area is 140 Å². The Morgan fingerprint density at radius 3 is 2.21 bits per heavy atom. The highest BCUT2D eigenvalue weighted by molar-refractivity contribution is 9.11. The molecule has 3 heteroatoms. The molecule has 19 heavy (non-hydrogen) atoms. The van der Waals surface area contributed by atoms with E-state index in [1.54, 1.807) is 0 Å². The summed E-state index contributed by atoms with van der Waals surface area (Å²) in [5.41, 5.74) is 6.46. The van der Waals surface area contributed by atoms with Crippen LogP contribution in [0.2, 0.25) is 0 Å². The van der Waals surface area contributed by atoms with Crippen LogP contribution in [0.15, 0.2) is 39.3 Å². The van der Waals surface area contributed by atoms with Crippen LogP contribution >= 0.6 is 47.8 Å². The van der Waals surface area contributed by atoms with Gasteiger partial charge >= 0.3 is 0 Å². The summed E-state index contributed by atoms with van der Waals surface area (Å²) in [6, 6.07) is 10.8. The summed E-state index contributed by atoms with van der Waals surface area (Å²) in [6.07, 6.45) is 0. The van der Waals surface area contributed by atoms with E-state index in [0.717, 1.165) is 4.47 Å². The molecule has 2 aromatic carbocycles. The SMILES string of the molecule is Cc1cc(C(Br)c2cccc(Br)c2C)c(C)cc1Br. The number of aryl methyl sites for hydroxylation is 2. The van der Waals surface area contributed by atoms with Crippen molar-refractivity contribution in [3.05, 3.63) is 67.1 Å². The van der Waals surface area contributed by atoms with Gasteiger partial charge in [0.1, 0.15) is 0 Å². The topological polar surface area (TPSA) is 0 Å². The first-order valence-corrected chi connectivity index (χ1v) is 8.57. The molecule has 0 fully saturated rings. The minimum atomic E-state index is 0.219. The molecule has 1 unspecified atom stereocenters. The third kappa shape index (κ3) is 3.14. The Bertz CT molecular complexity index is 618. The molecule has 2 rings (SSSR count). The molecule has 0 heterocycles. The Morgan fingerprint density at radius 2 is 1.53 bits per heavy atom. The van der Waals surface area contributed by atoms with Crippen LogP contribution in [0.5, 0.6) is 0 Å². The Kier molecular flexibility index (Phi) is 4.91. The zero-order valence-electron chi connectivity index (χ0n) is 11.1. The van der Waals surface area contributed by atoms with E-state index in [-0.39, 0.29) is 4.83 Å². The maximum Gasteiger partial charge on any atom is 0.0650 e. The highest BCUT2D eigenvalue weighted by atomic mass is 79.9. The van der Waals surface area contributed by atoms with Gasteiger partial charge in [0.05, 0.1) is 4.83 Å². The Morgan fingerprint density at radius 1 is 0.842 bits per heavy atom. The van der Waals surface area contributed by atoms with Gasteiger partial charge in [-0.05, 0) is 60.7 Å². The van der Waals surface area contributed by atoms with E-state index >= 15 is 0 Å². The Balaban J connectivity index is 2.53. The monoisotopic (exact) mass is 444 g/mol. The molecule has 0 spiro atoms. The van der Waals surface area contributed by atoms with Gasteiger partial charge in [0, 0.05) is 8.95 Å². The summed E-state index contributed by atoms with van der Waals surface area (Å²) in [7, 11) is 0. The molecule has 0 saturated heterocycles. The fraction of sp³-hybridized carbons (Fsp3) is 0.250. The van der Waals surface area contributed by atoms with E-state index in [1.807, 2.05) is 0 Å². The van der Waals surface area contributed by atoms with Crippen molar-refractivity contribution in [3.8, 4) is 0 Å². The predicted octanol–water partition coefficient (Wildman–Crippen LogP) is 6.62. The van der Waals surface area contributed by atoms with Crippen molar-refractivity contribution < 1.29 is 0 Å². The van der Waals surface area contributed by atoms with E-state index in [4.69, 9.17) is 0 Å². The summed E-state index contributed by atoms with van der Waals surface area (Å²) in [5, 5.41) is 0. The molecule has 0 N–H and O–H groups in total. The van der Waals surface area contributed by atoms with Crippen LogP contribution in [0, 0.1) is 20.8 Å². The third-order valence-corrected chi connectivity index (χ3v) is 6.10. The van der Waals surface area contributed by atoms with Gasteiger partial charge in [0.25, 0.3) is 0 Å². The highest BCUT2D eigenvalue weighted by Gasteiger charge is 2.16. The van der Waals surface area contributed by atoms with Crippen LogP contribution in [0.1, 0.15) is 32.6 Å². The lowest BCUT2D eigenvalue weighted by molar-refractivity contribution is 1.10. The molecule has 0 aliphatic heterocycles. The molecular weight excluding hydrogens is 432 g/mol. The second-order valence-electron chi connectivity index (χ2n) is 4.77. The first-order valence-electron chi connectivity index (χ1n) is 6.07. The van der Waals surface area contributed by atoms with Gasteiger partial charge in [-0.1, -0.05) is 66.0 Å². The smallest absolute Gasteiger partial charge is 0.0650 e. The zero-order chi connectivity index (χ0) is 14.2. The largest absolute Gasteiger partial charge is 0.0786 e. The van der Waals surface area contributed by atoms with Crippen molar-refractivity contribution in [3.63, 3.8) is 0 Å². The van der Waals surface area contributed by atoms with Crippen molar-refractivity contribution in [2.45, 2.75) is 25.6 Å². The van der Waals surface area contributed by atoms with Crippen LogP contribution in [0.3, 0.4) is 0 Å². The van der Waals surface area contributed by atoms with Gasteiger partial charge in [-0.15, -0.1) is 0 Å². The maximum absolute atomic E-state index is 3.85. The number of rotatable bonds is 2. The first-order chi connectivity index (χ1) is 8.91.